The quantitative estimate of drug-likeness (QED) is 0.802. The number of rotatable bonds is 5. The van der Waals surface area contributed by atoms with Crippen molar-refractivity contribution in [1.29, 1.82) is 0 Å². The van der Waals surface area contributed by atoms with Crippen molar-refractivity contribution in [2.24, 2.45) is 0 Å². The molecule has 1 saturated heterocycles. The van der Waals surface area contributed by atoms with Crippen LogP contribution in [0, 0.1) is 5.82 Å². The molecular weight excluding hydrogens is 373 g/mol. The summed E-state index contributed by atoms with van der Waals surface area (Å²) in [5.74, 6) is 1.02. The van der Waals surface area contributed by atoms with E-state index in [2.05, 4.69) is 4.90 Å². The van der Waals surface area contributed by atoms with E-state index in [4.69, 9.17) is 9.47 Å². The van der Waals surface area contributed by atoms with Crippen molar-refractivity contribution in [2.45, 2.75) is 44.0 Å². The molecule has 29 heavy (non-hydrogen) atoms. The zero-order valence-corrected chi connectivity index (χ0v) is 16.7. The first-order valence-corrected chi connectivity index (χ1v) is 10.3. The maximum Gasteiger partial charge on any atom is 0.126 e. The molecule has 0 aliphatic carbocycles. The molecule has 0 amide bonds. The fourth-order valence-corrected chi connectivity index (χ4v) is 4.36. The number of nitrogens with zero attached hydrogens (tertiary/aromatic N) is 1. The molecule has 2 N–H and O–H groups in total. The molecule has 0 radical (unpaired) electrons. The monoisotopic (exact) mass is 401 g/mol. The summed E-state index contributed by atoms with van der Waals surface area (Å²) < 4.78 is 25.1. The van der Waals surface area contributed by atoms with Gasteiger partial charge in [0.1, 0.15) is 22.9 Å². The molecule has 2 heterocycles. The molecule has 0 saturated carbocycles. The number of β-amino-alcohol motifs (C(OH)–C–C–N with tert-alkyl or cyclic N) is 1. The lowest BCUT2D eigenvalue weighted by atomic mass is 9.81. The van der Waals surface area contributed by atoms with E-state index < -0.39 is 17.8 Å². The fourth-order valence-electron chi connectivity index (χ4n) is 4.36. The van der Waals surface area contributed by atoms with Crippen LogP contribution in [0.5, 0.6) is 11.5 Å². The van der Waals surface area contributed by atoms with Gasteiger partial charge in [0.15, 0.2) is 0 Å². The van der Waals surface area contributed by atoms with Crippen LogP contribution < -0.4 is 9.47 Å². The molecule has 4 rings (SSSR count). The van der Waals surface area contributed by atoms with E-state index in [1.54, 1.807) is 6.07 Å². The minimum Gasteiger partial charge on any atom is -0.494 e. The number of piperidine rings is 1. The first-order valence-electron chi connectivity index (χ1n) is 10.3. The molecule has 2 unspecified atom stereocenters. The average Bonchev–Trinajstić information content (AvgIpc) is 2.71. The number of hydrogen-bond acceptors (Lipinski definition) is 5. The fraction of sp³-hybridized carbons (Fsp3) is 0.478. The first kappa shape index (κ1) is 20.1. The van der Waals surface area contributed by atoms with Crippen LogP contribution in [0.25, 0.3) is 0 Å². The topological polar surface area (TPSA) is 62.2 Å². The number of fused-ring (bicyclic) bond motifs is 1. The van der Waals surface area contributed by atoms with Gasteiger partial charge in [0.2, 0.25) is 0 Å². The molecule has 156 valence electrons. The Kier molecular flexibility index (Phi) is 5.76. The normalized spacial score (nSPS) is 22.0. The molecule has 0 bridgehead atoms. The highest BCUT2D eigenvalue weighted by Crippen LogP contribution is 2.44. The Balaban J connectivity index is 1.35. The molecule has 1 fully saturated rings. The first-order chi connectivity index (χ1) is 14.0. The summed E-state index contributed by atoms with van der Waals surface area (Å²) in [6, 6.07) is 11.9. The Labute approximate surface area is 170 Å². The summed E-state index contributed by atoms with van der Waals surface area (Å²) in [6.45, 7) is 4.66. The molecular formula is C23H28FNO4. The molecule has 0 aromatic heterocycles. The van der Waals surface area contributed by atoms with E-state index in [0.717, 1.165) is 37.2 Å². The minimum absolute atomic E-state index is 0.361. The van der Waals surface area contributed by atoms with E-state index in [9.17, 15) is 14.6 Å². The SMILES string of the molecule is CCOc1ccc(C(O)CN2CCC3(CC2)CC(O)c2cc(F)ccc2O3)cc1. The number of hydrogen-bond donors (Lipinski definition) is 2. The van der Waals surface area contributed by atoms with Crippen molar-refractivity contribution in [2.75, 3.05) is 26.2 Å². The third-order valence-corrected chi connectivity index (χ3v) is 6.00. The number of halogens is 1. The highest BCUT2D eigenvalue weighted by atomic mass is 19.1. The Hall–Kier alpha value is -2.15. The molecule has 2 aromatic rings. The van der Waals surface area contributed by atoms with Crippen LogP contribution in [0.1, 0.15) is 49.5 Å². The third-order valence-electron chi connectivity index (χ3n) is 6.00. The summed E-state index contributed by atoms with van der Waals surface area (Å²) in [6.07, 6.45) is 0.712. The van der Waals surface area contributed by atoms with Crippen molar-refractivity contribution in [3.63, 3.8) is 0 Å². The number of aliphatic hydroxyl groups excluding tert-OH is 2. The molecule has 6 heteroatoms. The van der Waals surface area contributed by atoms with Crippen molar-refractivity contribution < 1.29 is 24.1 Å². The van der Waals surface area contributed by atoms with Crippen LogP contribution >= 0.6 is 0 Å². The van der Waals surface area contributed by atoms with Crippen LogP contribution in [-0.4, -0.2) is 47.0 Å². The third kappa shape index (κ3) is 4.39. The Bertz CT molecular complexity index is 833. The summed E-state index contributed by atoms with van der Waals surface area (Å²) in [4.78, 5) is 2.22. The summed E-state index contributed by atoms with van der Waals surface area (Å²) in [7, 11) is 0. The van der Waals surface area contributed by atoms with Gasteiger partial charge in [-0.2, -0.15) is 0 Å². The maximum absolute atomic E-state index is 13.5. The van der Waals surface area contributed by atoms with Gasteiger partial charge in [0, 0.05) is 31.6 Å². The highest BCUT2D eigenvalue weighted by molar-refractivity contribution is 5.38. The standard InChI is InChI=1S/C23H28FNO4/c1-2-28-18-6-3-16(4-7-18)21(27)15-25-11-9-23(10-12-25)14-20(26)19-13-17(24)5-8-22(19)29-23/h3-8,13,20-21,26-27H,2,9-12,14-15H2,1H3. The van der Waals surface area contributed by atoms with Gasteiger partial charge < -0.3 is 24.6 Å². The van der Waals surface area contributed by atoms with Gasteiger partial charge in [-0.15, -0.1) is 0 Å². The van der Waals surface area contributed by atoms with E-state index in [1.165, 1.54) is 12.1 Å². The van der Waals surface area contributed by atoms with Crippen LogP contribution in [0.15, 0.2) is 42.5 Å². The lowest BCUT2D eigenvalue weighted by molar-refractivity contribution is -0.0589. The molecule has 2 aromatic carbocycles. The lowest BCUT2D eigenvalue weighted by Gasteiger charge is -2.46. The van der Waals surface area contributed by atoms with Gasteiger partial charge in [-0.1, -0.05) is 12.1 Å². The smallest absolute Gasteiger partial charge is 0.126 e. The molecule has 1 spiro atoms. The number of likely N-dealkylation sites (tertiary alicyclic amines) is 1. The van der Waals surface area contributed by atoms with Gasteiger partial charge in [0.25, 0.3) is 0 Å². The minimum atomic E-state index is -0.713. The largest absolute Gasteiger partial charge is 0.494 e. The molecule has 2 aliphatic rings. The van der Waals surface area contributed by atoms with Crippen molar-refractivity contribution in [3.8, 4) is 11.5 Å². The van der Waals surface area contributed by atoms with Gasteiger partial charge in [-0.05, 0) is 55.7 Å². The van der Waals surface area contributed by atoms with E-state index in [1.807, 2.05) is 31.2 Å². The van der Waals surface area contributed by atoms with Crippen molar-refractivity contribution in [3.05, 3.63) is 59.4 Å². The van der Waals surface area contributed by atoms with Gasteiger partial charge in [-0.25, -0.2) is 4.39 Å². The second-order valence-corrected chi connectivity index (χ2v) is 8.01. The van der Waals surface area contributed by atoms with E-state index in [-0.39, 0.29) is 5.82 Å². The van der Waals surface area contributed by atoms with Crippen LogP contribution in [-0.2, 0) is 0 Å². The van der Waals surface area contributed by atoms with Crippen molar-refractivity contribution >= 4 is 0 Å². The second kappa shape index (κ2) is 8.30. The predicted molar refractivity (Wildman–Crippen MR) is 108 cm³/mol. The Morgan fingerprint density at radius 3 is 2.62 bits per heavy atom. The number of ether oxygens (including phenoxy) is 2. The van der Waals surface area contributed by atoms with Gasteiger partial charge in [-0.3, -0.25) is 0 Å². The van der Waals surface area contributed by atoms with Gasteiger partial charge >= 0.3 is 0 Å². The Morgan fingerprint density at radius 2 is 1.93 bits per heavy atom. The van der Waals surface area contributed by atoms with Crippen LogP contribution in [0.4, 0.5) is 4.39 Å². The summed E-state index contributed by atoms with van der Waals surface area (Å²) in [5.41, 5.74) is 0.975. The zero-order valence-electron chi connectivity index (χ0n) is 16.7. The predicted octanol–water partition coefficient (Wildman–Crippen LogP) is 3.61. The zero-order chi connectivity index (χ0) is 20.4. The van der Waals surface area contributed by atoms with Crippen LogP contribution in [0.3, 0.4) is 0 Å². The number of aliphatic hydroxyl groups is 2. The highest BCUT2D eigenvalue weighted by Gasteiger charge is 2.43. The maximum atomic E-state index is 13.5. The molecule has 2 aliphatic heterocycles. The summed E-state index contributed by atoms with van der Waals surface area (Å²) in [5, 5.41) is 21.1. The summed E-state index contributed by atoms with van der Waals surface area (Å²) >= 11 is 0. The number of benzene rings is 2. The average molecular weight is 401 g/mol. The molecule has 2 atom stereocenters. The van der Waals surface area contributed by atoms with Gasteiger partial charge in [0.05, 0.1) is 18.8 Å². The lowest BCUT2D eigenvalue weighted by Crippen LogP contribution is -2.51. The van der Waals surface area contributed by atoms with E-state index >= 15 is 0 Å². The van der Waals surface area contributed by atoms with Crippen molar-refractivity contribution in [1.82, 2.24) is 4.90 Å². The Morgan fingerprint density at radius 1 is 1.21 bits per heavy atom. The molecule has 5 nitrogen and oxygen atoms in total. The van der Waals surface area contributed by atoms with Crippen LogP contribution in [0.2, 0.25) is 0 Å². The second-order valence-electron chi connectivity index (χ2n) is 8.01. The van der Waals surface area contributed by atoms with E-state index in [0.29, 0.717) is 30.9 Å².